The third-order valence-corrected chi connectivity index (χ3v) is 4.74. The molecule has 2 aromatic heterocycles. The summed E-state index contributed by atoms with van der Waals surface area (Å²) >= 11 is 0. The number of hydrogen-bond acceptors (Lipinski definition) is 5. The quantitative estimate of drug-likeness (QED) is 0.798. The van der Waals surface area contributed by atoms with Crippen LogP contribution < -0.4 is 0 Å². The first-order valence-corrected chi connectivity index (χ1v) is 8.48. The van der Waals surface area contributed by atoms with Crippen molar-refractivity contribution in [3.63, 3.8) is 0 Å². The lowest BCUT2D eigenvalue weighted by Gasteiger charge is -2.31. The van der Waals surface area contributed by atoms with Crippen molar-refractivity contribution in [1.29, 1.82) is 0 Å². The largest absolute Gasteiger partial charge is 0.460 e. The highest BCUT2D eigenvalue weighted by molar-refractivity contribution is 5.77. The van der Waals surface area contributed by atoms with E-state index >= 15 is 0 Å². The molecule has 0 spiro atoms. The number of aliphatic hydroxyl groups is 1. The molecule has 0 saturated carbocycles. The number of piperidine rings is 1. The molecule has 126 valence electrons. The molecule has 0 bridgehead atoms. The first-order valence-electron chi connectivity index (χ1n) is 8.48. The molecule has 3 aromatic rings. The molecule has 1 aromatic carbocycles. The number of rotatable bonds is 4. The van der Waals surface area contributed by atoms with Crippen LogP contribution in [-0.4, -0.2) is 38.1 Å². The lowest BCUT2D eigenvalue weighted by molar-refractivity contribution is 0.163. The van der Waals surface area contributed by atoms with Gasteiger partial charge >= 0.3 is 0 Å². The second-order valence-electron chi connectivity index (χ2n) is 6.56. The molecule has 1 atom stereocenters. The van der Waals surface area contributed by atoms with E-state index < -0.39 is 6.10 Å². The number of nitrogens with zero attached hydrogens (tertiary/aromatic N) is 4. The van der Waals surface area contributed by atoms with Crippen molar-refractivity contribution < 1.29 is 9.52 Å². The molecule has 0 radical (unpaired) electrons. The number of aromatic nitrogens is 3. The zero-order valence-electron chi connectivity index (χ0n) is 13.8. The second-order valence-corrected chi connectivity index (χ2v) is 6.56. The van der Waals surface area contributed by atoms with Crippen LogP contribution in [0.15, 0.2) is 40.9 Å². The molecule has 1 aliphatic heterocycles. The third kappa shape index (κ3) is 3.07. The van der Waals surface area contributed by atoms with Gasteiger partial charge in [-0.15, -0.1) is 5.10 Å². The molecule has 6 heteroatoms. The fourth-order valence-electron chi connectivity index (χ4n) is 3.34. The van der Waals surface area contributed by atoms with Gasteiger partial charge in [0.15, 0.2) is 0 Å². The van der Waals surface area contributed by atoms with E-state index in [1.165, 1.54) is 0 Å². The van der Waals surface area contributed by atoms with E-state index in [1.54, 1.807) is 6.92 Å². The van der Waals surface area contributed by atoms with Crippen molar-refractivity contribution in [2.75, 3.05) is 13.1 Å². The molecule has 6 nitrogen and oxygen atoms in total. The fraction of sp³-hybridized carbons (Fsp3) is 0.444. The zero-order chi connectivity index (χ0) is 16.5. The van der Waals surface area contributed by atoms with Crippen LogP contribution in [0.5, 0.6) is 0 Å². The van der Waals surface area contributed by atoms with E-state index in [9.17, 15) is 5.11 Å². The Labute approximate surface area is 140 Å². The van der Waals surface area contributed by atoms with E-state index in [1.807, 2.05) is 29.1 Å². The van der Waals surface area contributed by atoms with Crippen LogP contribution >= 0.6 is 0 Å². The number of hydrogen-bond donors (Lipinski definition) is 1. The highest BCUT2D eigenvalue weighted by Crippen LogP contribution is 2.25. The molecule has 1 aliphatic rings. The Morgan fingerprint density at radius 2 is 2.08 bits per heavy atom. The van der Waals surface area contributed by atoms with Gasteiger partial charge in [0, 0.05) is 18.5 Å². The first kappa shape index (κ1) is 15.4. The molecular formula is C18H22N4O2. The summed E-state index contributed by atoms with van der Waals surface area (Å²) in [5.74, 6) is 1.02. The minimum Gasteiger partial charge on any atom is -0.460 e. The maximum Gasteiger partial charge on any atom is 0.134 e. The van der Waals surface area contributed by atoms with Crippen LogP contribution in [0.4, 0.5) is 0 Å². The summed E-state index contributed by atoms with van der Waals surface area (Å²) in [5.41, 5.74) is 1.59. The predicted molar refractivity (Wildman–Crippen MR) is 90.4 cm³/mol. The Morgan fingerprint density at radius 1 is 1.29 bits per heavy atom. The minimum atomic E-state index is -0.563. The fourth-order valence-corrected chi connectivity index (χ4v) is 3.34. The Bertz CT molecular complexity index is 782. The van der Waals surface area contributed by atoms with Crippen LogP contribution in [0.25, 0.3) is 11.0 Å². The van der Waals surface area contributed by atoms with E-state index in [0.717, 1.165) is 49.2 Å². The maximum absolute atomic E-state index is 9.57. The summed E-state index contributed by atoms with van der Waals surface area (Å²) in [6, 6.07) is 10.6. The number of furan rings is 1. The zero-order valence-corrected chi connectivity index (χ0v) is 13.8. The van der Waals surface area contributed by atoms with Gasteiger partial charge in [-0.2, -0.15) is 0 Å². The monoisotopic (exact) mass is 326 g/mol. The van der Waals surface area contributed by atoms with Crippen molar-refractivity contribution in [2.45, 2.75) is 38.5 Å². The Kier molecular flexibility index (Phi) is 4.08. The van der Waals surface area contributed by atoms with Crippen molar-refractivity contribution >= 4 is 11.0 Å². The van der Waals surface area contributed by atoms with Crippen molar-refractivity contribution in [3.8, 4) is 0 Å². The van der Waals surface area contributed by atoms with Crippen LogP contribution in [-0.2, 0) is 6.54 Å². The average molecular weight is 326 g/mol. The Morgan fingerprint density at radius 3 is 2.79 bits per heavy atom. The Hall–Kier alpha value is -2.18. The number of para-hydroxylation sites is 1. The number of benzene rings is 1. The predicted octanol–water partition coefficient (Wildman–Crippen LogP) is 2.91. The normalized spacial score (nSPS) is 18.2. The van der Waals surface area contributed by atoms with Crippen LogP contribution in [0, 0.1) is 0 Å². The smallest absolute Gasteiger partial charge is 0.134 e. The summed E-state index contributed by atoms with van der Waals surface area (Å²) in [7, 11) is 0. The van der Waals surface area contributed by atoms with Gasteiger partial charge in [-0.25, -0.2) is 4.68 Å². The summed E-state index contributed by atoms with van der Waals surface area (Å²) in [4.78, 5) is 2.42. The van der Waals surface area contributed by atoms with Crippen molar-refractivity contribution in [1.82, 2.24) is 19.9 Å². The molecule has 0 amide bonds. The molecule has 3 heterocycles. The molecule has 0 aliphatic carbocycles. The van der Waals surface area contributed by atoms with E-state index in [0.29, 0.717) is 11.7 Å². The summed E-state index contributed by atoms with van der Waals surface area (Å²) in [6.45, 7) is 4.57. The first-order chi connectivity index (χ1) is 11.7. The standard InChI is InChI=1S/C18H22N4O2/c1-13(23)17-12-22(20-19-17)15-6-8-21(9-7-15)11-16-10-14-4-2-3-5-18(14)24-16/h2-5,10,12-13,15,23H,6-9,11H2,1H3. The number of aliphatic hydroxyl groups excluding tert-OH is 1. The average Bonchev–Trinajstić information content (AvgIpc) is 3.22. The summed E-state index contributed by atoms with van der Waals surface area (Å²) < 4.78 is 7.82. The second kappa shape index (κ2) is 6.37. The van der Waals surface area contributed by atoms with Gasteiger partial charge < -0.3 is 9.52 Å². The molecule has 1 N–H and O–H groups in total. The number of likely N-dealkylation sites (tertiary alicyclic amines) is 1. The summed E-state index contributed by atoms with van der Waals surface area (Å²) in [6.07, 6.45) is 3.36. The lowest BCUT2D eigenvalue weighted by atomic mass is 10.1. The molecule has 4 rings (SSSR count). The van der Waals surface area contributed by atoms with Gasteiger partial charge in [-0.1, -0.05) is 23.4 Å². The SMILES string of the molecule is CC(O)c1cn(C2CCN(Cc3cc4ccccc4o3)CC2)nn1. The Balaban J connectivity index is 1.37. The van der Waals surface area contributed by atoms with Crippen molar-refractivity contribution in [2.24, 2.45) is 0 Å². The van der Waals surface area contributed by atoms with Crippen LogP contribution in [0.3, 0.4) is 0 Å². The minimum absolute atomic E-state index is 0.358. The van der Waals surface area contributed by atoms with Gasteiger partial charge in [0.2, 0.25) is 0 Å². The van der Waals surface area contributed by atoms with Gasteiger partial charge in [0.25, 0.3) is 0 Å². The maximum atomic E-state index is 9.57. The van der Waals surface area contributed by atoms with E-state index in [2.05, 4.69) is 27.3 Å². The van der Waals surface area contributed by atoms with Gasteiger partial charge in [0.1, 0.15) is 17.0 Å². The van der Waals surface area contributed by atoms with E-state index in [-0.39, 0.29) is 0 Å². The van der Waals surface area contributed by atoms with Crippen molar-refractivity contribution in [3.05, 3.63) is 48.0 Å². The highest BCUT2D eigenvalue weighted by Gasteiger charge is 2.23. The lowest BCUT2D eigenvalue weighted by Crippen LogP contribution is -2.34. The molecular weight excluding hydrogens is 304 g/mol. The van der Waals surface area contributed by atoms with Gasteiger partial charge in [0.05, 0.1) is 24.9 Å². The van der Waals surface area contributed by atoms with Crippen LogP contribution in [0.2, 0.25) is 0 Å². The van der Waals surface area contributed by atoms with Gasteiger partial charge in [-0.3, -0.25) is 4.90 Å². The number of fused-ring (bicyclic) bond motifs is 1. The molecule has 1 saturated heterocycles. The topological polar surface area (TPSA) is 67.3 Å². The van der Waals surface area contributed by atoms with E-state index in [4.69, 9.17) is 4.42 Å². The highest BCUT2D eigenvalue weighted by atomic mass is 16.3. The molecule has 24 heavy (non-hydrogen) atoms. The molecule has 1 fully saturated rings. The molecule has 1 unspecified atom stereocenters. The van der Waals surface area contributed by atoms with Gasteiger partial charge in [-0.05, 0) is 31.9 Å². The summed E-state index contributed by atoms with van der Waals surface area (Å²) in [5, 5.41) is 18.9. The third-order valence-electron chi connectivity index (χ3n) is 4.74. The van der Waals surface area contributed by atoms with Crippen LogP contribution in [0.1, 0.15) is 43.4 Å².